The number of carbonyl (C=O) groups excluding carboxylic acids is 1. The van der Waals surface area contributed by atoms with E-state index in [1.54, 1.807) is 12.3 Å². The zero-order valence-electron chi connectivity index (χ0n) is 6.90. The zero-order chi connectivity index (χ0) is 9.84. The molecule has 0 radical (unpaired) electrons. The van der Waals surface area contributed by atoms with Crippen LogP contribution in [0.2, 0.25) is 0 Å². The number of aliphatic hydroxyl groups is 1. The number of ether oxygens (including phenoxy) is 1. The topological polar surface area (TPSA) is 59.4 Å². The third-order valence-electron chi connectivity index (χ3n) is 1.47. The molecule has 1 N–H and O–H groups in total. The van der Waals surface area contributed by atoms with E-state index in [0.717, 1.165) is 0 Å². The van der Waals surface area contributed by atoms with Gasteiger partial charge in [-0.2, -0.15) is 0 Å². The first kappa shape index (κ1) is 10.1. The third-order valence-corrected chi connectivity index (χ3v) is 1.90. The van der Waals surface area contributed by atoms with Crippen molar-refractivity contribution in [3.05, 3.63) is 28.5 Å². The minimum Gasteiger partial charge on any atom is -0.467 e. The van der Waals surface area contributed by atoms with Crippen molar-refractivity contribution in [2.45, 2.75) is 6.10 Å². The van der Waals surface area contributed by atoms with Crippen LogP contribution in [-0.4, -0.2) is 23.2 Å². The van der Waals surface area contributed by atoms with Crippen molar-refractivity contribution in [3.8, 4) is 0 Å². The molecule has 13 heavy (non-hydrogen) atoms. The summed E-state index contributed by atoms with van der Waals surface area (Å²) in [6, 6.07) is 1.61. The van der Waals surface area contributed by atoms with Gasteiger partial charge >= 0.3 is 5.97 Å². The van der Waals surface area contributed by atoms with E-state index in [0.29, 0.717) is 10.0 Å². The van der Waals surface area contributed by atoms with Crippen LogP contribution in [0.4, 0.5) is 0 Å². The molecule has 1 rings (SSSR count). The summed E-state index contributed by atoms with van der Waals surface area (Å²) >= 11 is 3.18. The Morgan fingerprint density at radius 1 is 1.69 bits per heavy atom. The normalized spacial score (nSPS) is 12.2. The molecule has 0 fully saturated rings. The maximum absolute atomic E-state index is 10.9. The maximum Gasteiger partial charge on any atom is 0.339 e. The van der Waals surface area contributed by atoms with Gasteiger partial charge in [-0.1, -0.05) is 0 Å². The van der Waals surface area contributed by atoms with Gasteiger partial charge in [0.05, 0.1) is 7.11 Å². The lowest BCUT2D eigenvalue weighted by atomic mass is 10.2. The monoisotopic (exact) mass is 245 g/mol. The number of hydrogen-bond acceptors (Lipinski definition) is 4. The van der Waals surface area contributed by atoms with Gasteiger partial charge in [-0.3, -0.25) is 4.98 Å². The highest BCUT2D eigenvalue weighted by Gasteiger charge is 2.17. The summed E-state index contributed by atoms with van der Waals surface area (Å²) < 4.78 is 5.08. The summed E-state index contributed by atoms with van der Waals surface area (Å²) in [6.07, 6.45) is 1.70. The first-order valence-corrected chi connectivity index (χ1v) is 4.31. The first-order chi connectivity index (χ1) is 6.15. The van der Waals surface area contributed by atoms with Gasteiger partial charge < -0.3 is 9.84 Å². The highest BCUT2D eigenvalue weighted by Crippen LogP contribution is 2.17. The van der Waals surface area contributed by atoms with Crippen LogP contribution in [0.25, 0.3) is 0 Å². The van der Waals surface area contributed by atoms with Crippen molar-refractivity contribution in [2.75, 3.05) is 7.11 Å². The van der Waals surface area contributed by atoms with Gasteiger partial charge in [-0.15, -0.1) is 0 Å². The van der Waals surface area contributed by atoms with Crippen LogP contribution in [0.15, 0.2) is 22.9 Å². The summed E-state index contributed by atoms with van der Waals surface area (Å²) in [6.45, 7) is 0. The molecular weight excluding hydrogens is 238 g/mol. The molecule has 1 heterocycles. The minimum atomic E-state index is -1.27. The van der Waals surface area contributed by atoms with Gasteiger partial charge in [0.15, 0.2) is 6.10 Å². The first-order valence-electron chi connectivity index (χ1n) is 3.51. The Morgan fingerprint density at radius 3 is 2.92 bits per heavy atom. The van der Waals surface area contributed by atoms with Gasteiger partial charge in [0.25, 0.3) is 0 Å². The number of methoxy groups -OCH3 is 1. The number of nitrogens with zero attached hydrogens (tertiary/aromatic N) is 1. The molecule has 1 aromatic heterocycles. The molecule has 0 amide bonds. The van der Waals surface area contributed by atoms with Crippen molar-refractivity contribution in [2.24, 2.45) is 0 Å². The number of esters is 1. The van der Waals surface area contributed by atoms with Gasteiger partial charge in [0.1, 0.15) is 0 Å². The van der Waals surface area contributed by atoms with Crippen LogP contribution in [0.3, 0.4) is 0 Å². The second-order valence-corrected chi connectivity index (χ2v) is 3.28. The molecule has 70 valence electrons. The molecule has 0 aliphatic heterocycles. The fourth-order valence-corrected chi connectivity index (χ4v) is 1.21. The number of carbonyl (C=O) groups is 1. The Bertz CT molecular complexity index is 316. The summed E-state index contributed by atoms with van der Waals surface area (Å²) in [5.41, 5.74) is 0.404. The molecule has 4 nitrogen and oxygen atoms in total. The number of hydrogen-bond donors (Lipinski definition) is 1. The van der Waals surface area contributed by atoms with E-state index in [1.165, 1.54) is 13.3 Å². The van der Waals surface area contributed by atoms with E-state index in [9.17, 15) is 9.90 Å². The predicted molar refractivity (Wildman–Crippen MR) is 48.9 cm³/mol. The second kappa shape index (κ2) is 4.34. The Labute approximate surface area is 83.7 Å². The molecule has 0 spiro atoms. The lowest BCUT2D eigenvalue weighted by Gasteiger charge is -2.07. The van der Waals surface area contributed by atoms with Crippen molar-refractivity contribution in [1.82, 2.24) is 4.98 Å². The molecule has 5 heteroatoms. The predicted octanol–water partition coefficient (Wildman–Crippen LogP) is 1.05. The second-order valence-electron chi connectivity index (χ2n) is 2.36. The Balaban J connectivity index is 2.88. The van der Waals surface area contributed by atoms with Crippen LogP contribution in [-0.2, 0) is 9.53 Å². The van der Waals surface area contributed by atoms with Crippen LogP contribution in [0.5, 0.6) is 0 Å². The molecule has 0 aromatic carbocycles. The fourth-order valence-electron chi connectivity index (χ4n) is 0.826. The molecule has 0 saturated carbocycles. The van der Waals surface area contributed by atoms with Crippen molar-refractivity contribution >= 4 is 21.9 Å². The molecule has 1 unspecified atom stereocenters. The Kier molecular flexibility index (Phi) is 3.39. The Hall–Kier alpha value is -0.940. The van der Waals surface area contributed by atoms with E-state index >= 15 is 0 Å². The quantitative estimate of drug-likeness (QED) is 0.792. The largest absolute Gasteiger partial charge is 0.467 e. The molecule has 0 aliphatic carbocycles. The van der Waals surface area contributed by atoms with Crippen molar-refractivity contribution in [1.29, 1.82) is 0 Å². The maximum atomic E-state index is 10.9. The highest BCUT2D eigenvalue weighted by molar-refractivity contribution is 9.10. The van der Waals surface area contributed by atoms with E-state index in [2.05, 4.69) is 25.7 Å². The molecular formula is C8H8BrNO3. The summed E-state index contributed by atoms with van der Waals surface area (Å²) in [5, 5.41) is 9.38. The summed E-state index contributed by atoms with van der Waals surface area (Å²) in [5.74, 6) is -0.695. The smallest absolute Gasteiger partial charge is 0.339 e. The van der Waals surface area contributed by atoms with E-state index in [4.69, 9.17) is 0 Å². The fraction of sp³-hybridized carbons (Fsp3) is 0.250. The van der Waals surface area contributed by atoms with Crippen molar-refractivity contribution < 1.29 is 14.6 Å². The van der Waals surface area contributed by atoms with Gasteiger partial charge in [0, 0.05) is 22.4 Å². The summed E-state index contributed by atoms with van der Waals surface area (Å²) in [4.78, 5) is 14.7. The number of aliphatic hydroxyl groups excluding tert-OH is 1. The number of halogens is 1. The van der Waals surface area contributed by atoms with Crippen molar-refractivity contribution in [3.63, 3.8) is 0 Å². The lowest BCUT2D eigenvalue weighted by molar-refractivity contribution is -0.150. The van der Waals surface area contributed by atoms with Gasteiger partial charge in [-0.25, -0.2) is 4.79 Å². The zero-order valence-corrected chi connectivity index (χ0v) is 8.48. The van der Waals surface area contributed by atoms with Gasteiger partial charge in [-0.05, 0) is 22.0 Å². The highest BCUT2D eigenvalue weighted by atomic mass is 79.9. The van der Waals surface area contributed by atoms with Crippen LogP contribution in [0, 0.1) is 0 Å². The Morgan fingerprint density at radius 2 is 2.38 bits per heavy atom. The standard InChI is InChI=1S/C8H8BrNO3/c1-13-8(12)7(11)5-2-6(9)4-10-3-5/h2-4,7,11H,1H3. The average molecular weight is 246 g/mol. The van der Waals surface area contributed by atoms with E-state index in [-0.39, 0.29) is 0 Å². The molecule has 1 aromatic rings. The van der Waals surface area contributed by atoms with Crippen LogP contribution < -0.4 is 0 Å². The minimum absolute atomic E-state index is 0.404. The molecule has 0 bridgehead atoms. The lowest BCUT2D eigenvalue weighted by Crippen LogP contribution is -2.13. The molecule has 0 aliphatic rings. The number of pyridine rings is 1. The average Bonchev–Trinajstić information content (AvgIpc) is 2.15. The van der Waals surface area contributed by atoms with Gasteiger partial charge in [0.2, 0.25) is 0 Å². The van der Waals surface area contributed by atoms with E-state index in [1.807, 2.05) is 0 Å². The van der Waals surface area contributed by atoms with Crippen LogP contribution >= 0.6 is 15.9 Å². The third kappa shape index (κ3) is 2.50. The number of aromatic nitrogens is 1. The number of rotatable bonds is 2. The SMILES string of the molecule is COC(=O)C(O)c1cncc(Br)c1. The molecule has 1 atom stereocenters. The summed E-state index contributed by atoms with van der Waals surface area (Å²) in [7, 11) is 1.22. The van der Waals surface area contributed by atoms with E-state index < -0.39 is 12.1 Å². The molecule has 0 saturated heterocycles. The van der Waals surface area contributed by atoms with Crippen LogP contribution in [0.1, 0.15) is 11.7 Å².